The molecule has 2 heterocycles. The minimum absolute atomic E-state index is 0.567. The summed E-state index contributed by atoms with van der Waals surface area (Å²) < 4.78 is 12.1. The highest BCUT2D eigenvalue weighted by Crippen LogP contribution is 2.34. The second kappa shape index (κ2) is 25.9. The van der Waals surface area contributed by atoms with Gasteiger partial charge in [-0.05, 0) is 77.0 Å². The molecule has 2 aliphatic rings. The van der Waals surface area contributed by atoms with Crippen LogP contribution in [0, 0.1) is 0 Å². The zero-order chi connectivity index (χ0) is 27.6. The summed E-state index contributed by atoms with van der Waals surface area (Å²) in [5, 5.41) is 1.77. The molecule has 0 aliphatic carbocycles. The van der Waals surface area contributed by atoms with Gasteiger partial charge in [-0.3, -0.25) is 0 Å². The molecule has 2 nitrogen and oxygen atoms in total. The molecule has 2 aliphatic heterocycles. The zero-order valence-electron chi connectivity index (χ0n) is 26.7. The predicted octanol–water partition coefficient (Wildman–Crippen LogP) is 12.2. The molecule has 0 aromatic heterocycles. The maximum absolute atomic E-state index is 6.03. The van der Waals surface area contributed by atoms with Gasteiger partial charge in [0.05, 0.1) is 12.2 Å². The molecule has 4 unspecified atom stereocenters. The van der Waals surface area contributed by atoms with Crippen LogP contribution in [0.3, 0.4) is 0 Å². The molecule has 2 rings (SSSR count). The van der Waals surface area contributed by atoms with Gasteiger partial charge >= 0.3 is 0 Å². The van der Waals surface area contributed by atoms with Gasteiger partial charge in [0, 0.05) is 23.7 Å². The summed E-state index contributed by atoms with van der Waals surface area (Å²) in [6.07, 6.45) is 40.2. The van der Waals surface area contributed by atoms with E-state index in [1.807, 2.05) is 0 Å². The Morgan fingerprint density at radius 3 is 1.26 bits per heavy atom. The van der Waals surface area contributed by atoms with Crippen LogP contribution in [0.2, 0.25) is 0 Å². The Kier molecular flexibility index (Phi) is 23.6. The first-order valence-corrected chi connectivity index (χ1v) is 19.1. The van der Waals surface area contributed by atoms with Crippen molar-refractivity contribution in [3.8, 4) is 0 Å². The van der Waals surface area contributed by atoms with Crippen LogP contribution in [0.1, 0.15) is 194 Å². The van der Waals surface area contributed by atoms with E-state index in [1.54, 1.807) is 0 Å². The van der Waals surface area contributed by atoms with E-state index in [9.17, 15) is 0 Å². The van der Waals surface area contributed by atoms with Crippen molar-refractivity contribution < 1.29 is 9.47 Å². The van der Waals surface area contributed by atoms with Crippen molar-refractivity contribution in [1.82, 2.24) is 0 Å². The second-order valence-electron chi connectivity index (χ2n) is 13.0. The predicted molar refractivity (Wildman–Crippen MR) is 175 cm³/mol. The van der Waals surface area contributed by atoms with Gasteiger partial charge in [-0.1, -0.05) is 117 Å². The van der Waals surface area contributed by atoms with Crippen molar-refractivity contribution in [2.45, 2.75) is 216 Å². The highest BCUT2D eigenvalue weighted by Gasteiger charge is 2.19. The summed E-state index contributed by atoms with van der Waals surface area (Å²) in [4.78, 5) is 0. The molecule has 232 valence electrons. The standard InChI is InChI=1S/C36H70O2S/c1-3-5-7-9-11-13-27-35(29-17-15-23-33-25-19-21-31-37-33)39-36(28-14-12-10-8-6-4-2)30-18-16-24-34-26-20-22-32-38-34/h33-36H,3-32H2,1-2H3. The number of hydrogen-bond donors (Lipinski definition) is 0. The third-order valence-corrected chi connectivity index (χ3v) is 11.0. The molecular weight excluding hydrogens is 496 g/mol. The molecule has 0 N–H and O–H groups in total. The van der Waals surface area contributed by atoms with Gasteiger partial charge in [0.25, 0.3) is 0 Å². The van der Waals surface area contributed by atoms with Crippen molar-refractivity contribution in [3.63, 3.8) is 0 Å². The Morgan fingerprint density at radius 1 is 0.487 bits per heavy atom. The van der Waals surface area contributed by atoms with E-state index < -0.39 is 0 Å². The largest absolute Gasteiger partial charge is 0.378 e. The van der Waals surface area contributed by atoms with Crippen molar-refractivity contribution in [1.29, 1.82) is 0 Å². The number of thioether (sulfide) groups is 1. The van der Waals surface area contributed by atoms with Gasteiger partial charge in [0.1, 0.15) is 0 Å². The minimum atomic E-state index is 0.567. The fraction of sp³-hybridized carbons (Fsp3) is 1.00. The molecule has 39 heavy (non-hydrogen) atoms. The van der Waals surface area contributed by atoms with Gasteiger partial charge < -0.3 is 9.47 Å². The Bertz CT molecular complexity index is 456. The average molecular weight is 567 g/mol. The molecule has 0 aromatic rings. The molecule has 3 heteroatoms. The Labute approximate surface area is 250 Å². The molecule has 2 fully saturated rings. The molecular formula is C36H70O2S. The van der Waals surface area contributed by atoms with Gasteiger partial charge in [0.2, 0.25) is 0 Å². The van der Waals surface area contributed by atoms with Crippen LogP contribution in [0.15, 0.2) is 0 Å². The lowest BCUT2D eigenvalue weighted by molar-refractivity contribution is 0.00968. The normalized spacial score (nSPS) is 21.7. The molecule has 4 atom stereocenters. The summed E-state index contributed by atoms with van der Waals surface area (Å²) >= 11 is 2.44. The topological polar surface area (TPSA) is 18.5 Å². The van der Waals surface area contributed by atoms with Crippen molar-refractivity contribution >= 4 is 11.8 Å². The van der Waals surface area contributed by atoms with Crippen LogP contribution in [-0.2, 0) is 9.47 Å². The fourth-order valence-electron chi connectivity index (χ4n) is 6.70. The van der Waals surface area contributed by atoms with Crippen LogP contribution in [0.5, 0.6) is 0 Å². The summed E-state index contributed by atoms with van der Waals surface area (Å²) in [7, 11) is 0. The van der Waals surface area contributed by atoms with Crippen molar-refractivity contribution in [2.75, 3.05) is 13.2 Å². The maximum Gasteiger partial charge on any atom is 0.0575 e. The molecule has 0 bridgehead atoms. The smallest absolute Gasteiger partial charge is 0.0575 e. The molecule has 2 saturated heterocycles. The highest BCUT2D eigenvalue weighted by atomic mass is 32.2. The number of hydrogen-bond acceptors (Lipinski definition) is 3. The van der Waals surface area contributed by atoms with Crippen LogP contribution >= 0.6 is 11.8 Å². The average Bonchev–Trinajstić information content (AvgIpc) is 2.97. The van der Waals surface area contributed by atoms with E-state index in [4.69, 9.17) is 9.47 Å². The Morgan fingerprint density at radius 2 is 0.872 bits per heavy atom. The van der Waals surface area contributed by atoms with E-state index in [0.29, 0.717) is 12.2 Å². The number of rotatable bonds is 26. The first-order valence-electron chi connectivity index (χ1n) is 18.2. The first-order chi connectivity index (χ1) is 19.3. The van der Waals surface area contributed by atoms with Gasteiger partial charge in [0.15, 0.2) is 0 Å². The Balaban J connectivity index is 1.78. The third kappa shape index (κ3) is 19.9. The molecule has 0 amide bonds. The minimum Gasteiger partial charge on any atom is -0.378 e. The highest BCUT2D eigenvalue weighted by molar-refractivity contribution is 8.00. The fourth-order valence-corrected chi connectivity index (χ4v) is 8.45. The summed E-state index contributed by atoms with van der Waals surface area (Å²) in [6.45, 7) is 6.68. The Hall–Kier alpha value is 0.270. The van der Waals surface area contributed by atoms with Crippen LogP contribution in [0.4, 0.5) is 0 Å². The van der Waals surface area contributed by atoms with Crippen molar-refractivity contribution in [2.24, 2.45) is 0 Å². The zero-order valence-corrected chi connectivity index (χ0v) is 27.6. The van der Waals surface area contributed by atoms with Crippen LogP contribution in [0.25, 0.3) is 0 Å². The van der Waals surface area contributed by atoms with E-state index >= 15 is 0 Å². The summed E-state index contributed by atoms with van der Waals surface area (Å²) in [5.74, 6) is 0. The SMILES string of the molecule is CCCCCCCCC(CCCCC1CCCCO1)SC(CCCCCCCC)CCCCC1CCCCO1. The van der Waals surface area contributed by atoms with Crippen LogP contribution < -0.4 is 0 Å². The lowest BCUT2D eigenvalue weighted by Crippen LogP contribution is -2.19. The molecule has 0 aromatic carbocycles. The maximum atomic E-state index is 6.03. The second-order valence-corrected chi connectivity index (χ2v) is 14.6. The molecule has 0 spiro atoms. The monoisotopic (exact) mass is 567 g/mol. The van der Waals surface area contributed by atoms with Crippen molar-refractivity contribution in [3.05, 3.63) is 0 Å². The van der Waals surface area contributed by atoms with E-state index in [2.05, 4.69) is 25.6 Å². The molecule has 0 saturated carbocycles. The van der Waals surface area contributed by atoms with Gasteiger partial charge in [-0.15, -0.1) is 0 Å². The van der Waals surface area contributed by atoms with E-state index in [-0.39, 0.29) is 0 Å². The quantitative estimate of drug-likeness (QED) is 0.0970. The van der Waals surface area contributed by atoms with Gasteiger partial charge in [-0.25, -0.2) is 0 Å². The lowest BCUT2D eigenvalue weighted by Gasteiger charge is -2.26. The van der Waals surface area contributed by atoms with Crippen LogP contribution in [-0.4, -0.2) is 35.9 Å². The number of ether oxygens (including phenoxy) is 2. The third-order valence-electron chi connectivity index (χ3n) is 9.30. The first kappa shape index (κ1) is 35.5. The van der Waals surface area contributed by atoms with E-state index in [1.165, 1.54) is 180 Å². The summed E-state index contributed by atoms with van der Waals surface area (Å²) in [6, 6.07) is 0. The lowest BCUT2D eigenvalue weighted by atomic mass is 10.0. The summed E-state index contributed by atoms with van der Waals surface area (Å²) in [5.41, 5.74) is 0. The van der Waals surface area contributed by atoms with E-state index in [0.717, 1.165) is 23.7 Å². The van der Waals surface area contributed by atoms with Gasteiger partial charge in [-0.2, -0.15) is 11.8 Å². The molecule has 0 radical (unpaired) electrons. The number of unbranched alkanes of at least 4 members (excludes halogenated alkanes) is 12.